The number of fused-ring (bicyclic) bond motifs is 4. The number of nitrogens with zero attached hydrogens (tertiary/aromatic N) is 3. The van der Waals surface area contributed by atoms with E-state index in [1.54, 1.807) is 12.2 Å². The zero-order valence-electron chi connectivity index (χ0n) is 12.3. The van der Waals surface area contributed by atoms with Gasteiger partial charge in [0.15, 0.2) is 0 Å². The maximum absolute atomic E-state index is 13.1. The SMILES string of the molecule is O=C1C2=C3C=CC(C3)N2C(=O)N1c1ccc([N+](=O)[O-])c(C(F)(F)F)c1. The van der Waals surface area contributed by atoms with Crippen molar-refractivity contribution in [2.24, 2.45) is 0 Å². The van der Waals surface area contributed by atoms with Crippen LogP contribution in [0.25, 0.3) is 0 Å². The second kappa shape index (κ2) is 4.68. The summed E-state index contributed by atoms with van der Waals surface area (Å²) in [5.41, 5.74) is -2.19. The highest BCUT2D eigenvalue weighted by atomic mass is 19.4. The van der Waals surface area contributed by atoms with Gasteiger partial charge in [0.05, 0.1) is 16.7 Å². The van der Waals surface area contributed by atoms with Crippen molar-refractivity contribution in [1.29, 1.82) is 0 Å². The first-order chi connectivity index (χ1) is 11.7. The van der Waals surface area contributed by atoms with Crippen LogP contribution in [0.3, 0.4) is 0 Å². The lowest BCUT2D eigenvalue weighted by molar-refractivity contribution is -0.388. The van der Waals surface area contributed by atoms with Crippen LogP contribution in [-0.2, 0) is 11.0 Å². The molecule has 0 saturated carbocycles. The number of rotatable bonds is 2. The van der Waals surface area contributed by atoms with Gasteiger partial charge in [0.2, 0.25) is 0 Å². The summed E-state index contributed by atoms with van der Waals surface area (Å²) < 4.78 is 39.3. The molecule has 0 radical (unpaired) electrons. The Morgan fingerprint density at radius 3 is 2.56 bits per heavy atom. The average molecular weight is 351 g/mol. The molecule has 4 rings (SSSR count). The predicted molar refractivity (Wildman–Crippen MR) is 77.4 cm³/mol. The normalized spacial score (nSPS) is 21.6. The van der Waals surface area contributed by atoms with Crippen molar-refractivity contribution in [2.75, 3.05) is 4.90 Å². The Kier molecular flexibility index (Phi) is 2.88. The fourth-order valence-corrected chi connectivity index (χ4v) is 3.32. The van der Waals surface area contributed by atoms with Gasteiger partial charge in [-0.15, -0.1) is 0 Å². The number of benzene rings is 1. The maximum atomic E-state index is 13.1. The Bertz CT molecular complexity index is 919. The Morgan fingerprint density at radius 2 is 1.96 bits per heavy atom. The van der Waals surface area contributed by atoms with Gasteiger partial charge < -0.3 is 0 Å². The first-order valence-electron chi connectivity index (χ1n) is 7.15. The number of hydrogen-bond donors (Lipinski definition) is 0. The highest BCUT2D eigenvalue weighted by Gasteiger charge is 2.51. The smallest absolute Gasteiger partial charge is 0.281 e. The number of allylic oxidation sites excluding steroid dienone is 1. The summed E-state index contributed by atoms with van der Waals surface area (Å²) in [6, 6.07) is 0.993. The average Bonchev–Trinajstić information content (AvgIpc) is 3.20. The molecule has 1 aromatic carbocycles. The van der Waals surface area contributed by atoms with Crippen LogP contribution >= 0.6 is 0 Å². The first kappa shape index (κ1) is 15.4. The molecule has 128 valence electrons. The van der Waals surface area contributed by atoms with E-state index in [2.05, 4.69) is 0 Å². The number of amides is 3. The summed E-state index contributed by atoms with van der Waals surface area (Å²) in [6.07, 6.45) is -1.04. The van der Waals surface area contributed by atoms with Gasteiger partial charge in [0, 0.05) is 6.07 Å². The van der Waals surface area contributed by atoms with Crippen LogP contribution in [0.5, 0.6) is 0 Å². The van der Waals surface area contributed by atoms with Crippen LogP contribution in [0.4, 0.5) is 29.3 Å². The number of imide groups is 1. The fraction of sp³-hybridized carbons (Fsp3) is 0.200. The number of carbonyl (C=O) groups is 2. The number of alkyl halides is 3. The summed E-state index contributed by atoms with van der Waals surface area (Å²) in [7, 11) is 0. The van der Waals surface area contributed by atoms with Gasteiger partial charge >= 0.3 is 12.2 Å². The Labute approximate surface area is 137 Å². The molecule has 7 nitrogen and oxygen atoms in total. The number of hydrogen-bond acceptors (Lipinski definition) is 4. The van der Waals surface area contributed by atoms with Crippen LogP contribution < -0.4 is 4.90 Å². The van der Waals surface area contributed by atoms with E-state index in [1.165, 1.54) is 4.90 Å². The standard InChI is InChI=1S/C15H8F3N3O4/c16-15(17,18)10-6-9(3-4-11(10)21(24)25)20-13(22)12-7-1-2-8(5-7)19(12)14(20)23/h1-4,6,8H,5H2. The van der Waals surface area contributed by atoms with E-state index in [9.17, 15) is 32.9 Å². The Hall–Kier alpha value is -3.17. The minimum atomic E-state index is -5.00. The lowest BCUT2D eigenvalue weighted by Crippen LogP contribution is -2.36. The minimum absolute atomic E-state index is 0.157. The van der Waals surface area contributed by atoms with Crippen molar-refractivity contribution < 1.29 is 27.7 Å². The Balaban J connectivity index is 1.82. The zero-order valence-corrected chi connectivity index (χ0v) is 12.3. The lowest BCUT2D eigenvalue weighted by atomic mass is 10.1. The van der Waals surface area contributed by atoms with Crippen molar-refractivity contribution >= 4 is 23.3 Å². The summed E-state index contributed by atoms with van der Waals surface area (Å²) in [4.78, 5) is 36.6. The molecule has 2 bridgehead atoms. The molecule has 2 aliphatic heterocycles. The number of nitro groups is 1. The van der Waals surface area contributed by atoms with Crippen molar-refractivity contribution in [1.82, 2.24) is 4.90 Å². The molecule has 0 N–H and O–H groups in total. The van der Waals surface area contributed by atoms with Gasteiger partial charge in [-0.25, -0.2) is 9.69 Å². The zero-order chi connectivity index (χ0) is 18.1. The quantitative estimate of drug-likeness (QED) is 0.466. The molecule has 1 aromatic rings. The molecule has 3 amide bonds. The topological polar surface area (TPSA) is 83.8 Å². The Morgan fingerprint density at radius 1 is 1.24 bits per heavy atom. The second-order valence-electron chi connectivity index (χ2n) is 5.75. The highest BCUT2D eigenvalue weighted by Crippen LogP contribution is 2.44. The van der Waals surface area contributed by atoms with Gasteiger partial charge in [-0.1, -0.05) is 12.2 Å². The van der Waals surface area contributed by atoms with E-state index in [0.29, 0.717) is 29.0 Å². The summed E-state index contributed by atoms with van der Waals surface area (Å²) in [6.45, 7) is 0. The van der Waals surface area contributed by atoms with E-state index >= 15 is 0 Å². The molecule has 1 atom stereocenters. The number of halogens is 3. The van der Waals surface area contributed by atoms with Gasteiger partial charge in [0.1, 0.15) is 11.3 Å². The molecule has 1 saturated heterocycles. The van der Waals surface area contributed by atoms with Crippen molar-refractivity contribution in [3.8, 4) is 0 Å². The van der Waals surface area contributed by atoms with E-state index in [1.807, 2.05) is 0 Å². The third-order valence-corrected chi connectivity index (χ3v) is 4.37. The van der Waals surface area contributed by atoms with Crippen LogP contribution in [0.1, 0.15) is 12.0 Å². The van der Waals surface area contributed by atoms with E-state index in [-0.39, 0.29) is 17.4 Å². The number of anilines is 1. The summed E-state index contributed by atoms with van der Waals surface area (Å²) >= 11 is 0. The molecule has 10 heteroatoms. The van der Waals surface area contributed by atoms with Gasteiger partial charge in [-0.3, -0.25) is 19.8 Å². The largest absolute Gasteiger partial charge is 0.423 e. The van der Waals surface area contributed by atoms with E-state index in [4.69, 9.17) is 0 Å². The summed E-state index contributed by atoms with van der Waals surface area (Å²) in [5.74, 6) is -0.728. The minimum Gasteiger partial charge on any atom is -0.281 e. The molecule has 25 heavy (non-hydrogen) atoms. The third-order valence-electron chi connectivity index (χ3n) is 4.37. The third kappa shape index (κ3) is 2.00. The molecule has 1 aliphatic carbocycles. The van der Waals surface area contributed by atoms with Crippen LogP contribution in [-0.4, -0.2) is 27.8 Å². The van der Waals surface area contributed by atoms with E-state index < -0.39 is 34.3 Å². The highest BCUT2D eigenvalue weighted by molar-refractivity contribution is 6.28. The fourth-order valence-electron chi connectivity index (χ4n) is 3.32. The van der Waals surface area contributed by atoms with Gasteiger partial charge in [-0.2, -0.15) is 13.2 Å². The van der Waals surface area contributed by atoms with Crippen LogP contribution in [0.15, 0.2) is 41.6 Å². The van der Waals surface area contributed by atoms with Crippen LogP contribution in [0.2, 0.25) is 0 Å². The maximum Gasteiger partial charge on any atom is 0.423 e. The molecule has 0 spiro atoms. The first-order valence-corrected chi connectivity index (χ1v) is 7.15. The molecular formula is C15H8F3N3O4. The summed E-state index contributed by atoms with van der Waals surface area (Å²) in [5, 5.41) is 10.8. The monoisotopic (exact) mass is 351 g/mol. The molecule has 2 heterocycles. The van der Waals surface area contributed by atoms with Gasteiger partial charge in [0.25, 0.3) is 11.6 Å². The molecule has 3 aliphatic rings. The van der Waals surface area contributed by atoms with Crippen molar-refractivity contribution in [3.63, 3.8) is 0 Å². The lowest BCUT2D eigenvalue weighted by Gasteiger charge is -2.20. The molecule has 0 aromatic heterocycles. The van der Waals surface area contributed by atoms with Gasteiger partial charge in [-0.05, 0) is 24.1 Å². The number of carbonyl (C=O) groups excluding carboxylic acids is 2. The van der Waals surface area contributed by atoms with Crippen molar-refractivity contribution in [2.45, 2.75) is 18.6 Å². The second-order valence-corrected chi connectivity index (χ2v) is 5.75. The number of urea groups is 1. The molecular weight excluding hydrogens is 343 g/mol. The van der Waals surface area contributed by atoms with Crippen molar-refractivity contribution in [3.05, 3.63) is 57.3 Å². The number of nitro benzene ring substituents is 1. The molecule has 1 unspecified atom stereocenters. The van der Waals surface area contributed by atoms with Crippen LogP contribution in [0, 0.1) is 10.1 Å². The van der Waals surface area contributed by atoms with E-state index in [0.717, 1.165) is 6.07 Å². The molecule has 1 fully saturated rings. The predicted octanol–water partition coefficient (Wildman–Crippen LogP) is 2.98.